The highest BCUT2D eigenvalue weighted by atomic mass is 16.3. The lowest BCUT2D eigenvalue weighted by Gasteiger charge is -2.60. The summed E-state index contributed by atoms with van der Waals surface area (Å²) in [5.74, 6) is 1.49. The Labute approximate surface area is 139 Å². The van der Waals surface area contributed by atoms with Crippen LogP contribution in [0.1, 0.15) is 65.7 Å². The highest BCUT2D eigenvalue weighted by molar-refractivity contribution is 5.91. The third kappa shape index (κ3) is 1.93. The van der Waals surface area contributed by atoms with E-state index in [1.54, 1.807) is 0 Å². The zero-order valence-electron chi connectivity index (χ0n) is 14.6. The Kier molecular flexibility index (Phi) is 3.23. The first-order valence-corrected chi connectivity index (χ1v) is 9.33. The van der Waals surface area contributed by atoms with Gasteiger partial charge in [-0.1, -0.05) is 19.4 Å². The minimum atomic E-state index is -0.664. The van der Waals surface area contributed by atoms with Gasteiger partial charge in [0, 0.05) is 11.8 Å². The van der Waals surface area contributed by atoms with Crippen molar-refractivity contribution in [3.63, 3.8) is 0 Å². The first kappa shape index (κ1) is 15.8. The second kappa shape index (κ2) is 4.70. The van der Waals surface area contributed by atoms with Crippen molar-refractivity contribution in [3.05, 3.63) is 11.6 Å². The van der Waals surface area contributed by atoms with Crippen molar-refractivity contribution >= 4 is 5.78 Å². The maximum Gasteiger partial charge on any atom is 0.155 e. The molecule has 0 spiro atoms. The average Bonchev–Trinajstić information content (AvgIpc) is 2.69. The quantitative estimate of drug-likeness (QED) is 0.721. The molecule has 23 heavy (non-hydrogen) atoms. The molecule has 0 aromatic rings. The number of carbonyl (C=O) groups excluding carboxylic acids is 1. The van der Waals surface area contributed by atoms with E-state index < -0.39 is 5.60 Å². The molecular weight excluding hydrogens is 288 g/mol. The third-order valence-electron chi connectivity index (χ3n) is 8.46. The Morgan fingerprint density at radius 3 is 2.61 bits per heavy atom. The summed E-state index contributed by atoms with van der Waals surface area (Å²) in [6, 6.07) is 0. The van der Waals surface area contributed by atoms with Gasteiger partial charge in [0.05, 0.1) is 11.7 Å². The molecule has 0 radical (unpaired) electrons. The van der Waals surface area contributed by atoms with Gasteiger partial charge in [-0.2, -0.15) is 0 Å². The van der Waals surface area contributed by atoms with Crippen molar-refractivity contribution in [1.29, 1.82) is 0 Å². The predicted molar refractivity (Wildman–Crippen MR) is 88.7 cm³/mol. The molecule has 2 N–H and O–H groups in total. The van der Waals surface area contributed by atoms with Crippen LogP contribution in [0, 0.1) is 28.6 Å². The van der Waals surface area contributed by atoms with Gasteiger partial charge in [0.15, 0.2) is 5.78 Å². The van der Waals surface area contributed by atoms with Gasteiger partial charge in [-0.25, -0.2) is 0 Å². The summed E-state index contributed by atoms with van der Waals surface area (Å²) in [7, 11) is 0. The number of rotatable bonds is 0. The summed E-state index contributed by atoms with van der Waals surface area (Å²) in [4.78, 5) is 11.8. The van der Waals surface area contributed by atoms with Crippen LogP contribution >= 0.6 is 0 Å². The van der Waals surface area contributed by atoms with Crippen molar-refractivity contribution in [2.24, 2.45) is 28.6 Å². The first-order valence-electron chi connectivity index (χ1n) is 9.33. The second-order valence-corrected chi connectivity index (χ2v) is 9.39. The van der Waals surface area contributed by atoms with Crippen LogP contribution < -0.4 is 0 Å². The molecule has 3 saturated carbocycles. The summed E-state index contributed by atoms with van der Waals surface area (Å²) in [5, 5.41) is 22.0. The maximum absolute atomic E-state index is 11.8. The number of hydrogen-bond acceptors (Lipinski definition) is 3. The fourth-order valence-corrected chi connectivity index (χ4v) is 6.91. The van der Waals surface area contributed by atoms with Crippen molar-refractivity contribution in [3.8, 4) is 0 Å². The molecule has 0 aromatic carbocycles. The van der Waals surface area contributed by atoms with E-state index in [2.05, 4.69) is 13.8 Å². The number of aliphatic hydroxyl groups excluding tert-OH is 1. The minimum Gasteiger partial charge on any atom is -0.393 e. The topological polar surface area (TPSA) is 57.5 Å². The standard InChI is InChI=1S/C20H30O3/c1-18-8-6-13(21)10-12(18)4-5-14-15-7-9-20(3,23)19(15,2)11-16(22)17(14)18/h10,14-17,22-23H,4-9,11H2,1-3H3/t14-,15-,16-,17+,18-,19-,20+/m0/s1. The molecule has 3 heteroatoms. The van der Waals surface area contributed by atoms with Crippen molar-refractivity contribution < 1.29 is 15.0 Å². The number of carbonyl (C=O) groups is 1. The summed E-state index contributed by atoms with van der Waals surface area (Å²) < 4.78 is 0. The second-order valence-electron chi connectivity index (χ2n) is 9.39. The largest absolute Gasteiger partial charge is 0.393 e. The molecule has 0 saturated heterocycles. The molecule has 0 aromatic heterocycles. The lowest BCUT2D eigenvalue weighted by atomic mass is 9.45. The maximum atomic E-state index is 11.8. The molecule has 0 bridgehead atoms. The first-order chi connectivity index (χ1) is 10.7. The van der Waals surface area contributed by atoms with Crippen molar-refractivity contribution in [2.45, 2.75) is 77.4 Å². The lowest BCUT2D eigenvalue weighted by Crippen LogP contribution is -2.59. The van der Waals surface area contributed by atoms with Crippen LogP contribution in [-0.2, 0) is 4.79 Å². The third-order valence-corrected chi connectivity index (χ3v) is 8.46. The molecule has 0 heterocycles. The van der Waals surface area contributed by atoms with Gasteiger partial charge in [-0.15, -0.1) is 0 Å². The number of ketones is 1. The fourth-order valence-electron chi connectivity index (χ4n) is 6.91. The molecule has 3 nitrogen and oxygen atoms in total. The molecule has 0 unspecified atom stereocenters. The molecule has 0 aliphatic heterocycles. The Bertz CT molecular complexity index is 577. The molecule has 4 rings (SSSR count). The van der Waals surface area contributed by atoms with E-state index in [-0.39, 0.29) is 28.6 Å². The van der Waals surface area contributed by atoms with Crippen molar-refractivity contribution in [2.75, 3.05) is 0 Å². The molecule has 7 atom stereocenters. The molecule has 0 amide bonds. The van der Waals surface area contributed by atoms with E-state index in [9.17, 15) is 15.0 Å². The molecule has 4 aliphatic carbocycles. The predicted octanol–water partition coefficient (Wildman–Crippen LogP) is 3.24. The van der Waals surface area contributed by atoms with Crippen LogP contribution in [0.2, 0.25) is 0 Å². The van der Waals surface area contributed by atoms with Crippen LogP contribution in [0.15, 0.2) is 11.6 Å². The van der Waals surface area contributed by atoms with Gasteiger partial charge in [-0.3, -0.25) is 4.79 Å². The van der Waals surface area contributed by atoms with Crippen LogP contribution in [0.5, 0.6) is 0 Å². The summed E-state index contributed by atoms with van der Waals surface area (Å²) in [6.07, 6.45) is 7.69. The van der Waals surface area contributed by atoms with Crippen LogP contribution in [0.3, 0.4) is 0 Å². The Balaban J connectivity index is 1.75. The summed E-state index contributed by atoms with van der Waals surface area (Å²) in [5.41, 5.74) is 0.424. The number of hydrogen-bond donors (Lipinski definition) is 2. The average molecular weight is 318 g/mol. The zero-order valence-corrected chi connectivity index (χ0v) is 14.6. The monoisotopic (exact) mass is 318 g/mol. The van der Waals surface area contributed by atoms with Gasteiger partial charge in [-0.05, 0) is 74.7 Å². The van der Waals surface area contributed by atoms with E-state index in [1.165, 1.54) is 5.57 Å². The Hall–Kier alpha value is -0.670. The minimum absolute atomic E-state index is 0.0218. The normalized spacial score (nSPS) is 55.7. The van der Waals surface area contributed by atoms with Gasteiger partial charge in [0.2, 0.25) is 0 Å². The smallest absolute Gasteiger partial charge is 0.155 e. The van der Waals surface area contributed by atoms with E-state index >= 15 is 0 Å². The van der Waals surface area contributed by atoms with Crippen molar-refractivity contribution in [1.82, 2.24) is 0 Å². The summed E-state index contributed by atoms with van der Waals surface area (Å²) in [6.45, 7) is 6.44. The molecule has 4 aliphatic rings. The zero-order chi connectivity index (χ0) is 16.6. The molecular formula is C20H30O3. The lowest BCUT2D eigenvalue weighted by molar-refractivity contribution is -0.166. The number of allylic oxidation sites excluding steroid dienone is 1. The van der Waals surface area contributed by atoms with Crippen LogP contribution in [0.25, 0.3) is 0 Å². The van der Waals surface area contributed by atoms with Gasteiger partial charge in [0.25, 0.3) is 0 Å². The summed E-state index contributed by atoms with van der Waals surface area (Å²) >= 11 is 0. The Morgan fingerprint density at radius 2 is 1.87 bits per heavy atom. The highest BCUT2D eigenvalue weighted by Gasteiger charge is 2.64. The molecule has 128 valence electrons. The van der Waals surface area contributed by atoms with Crippen LogP contribution in [0.4, 0.5) is 0 Å². The molecule has 3 fully saturated rings. The van der Waals surface area contributed by atoms with E-state index in [4.69, 9.17) is 0 Å². The SMILES string of the molecule is C[C@]12CCC(=O)C=C1CC[C@@H]1[C@@H]2[C@@H](O)C[C@@]2(C)[C@H]1CC[C@@]2(C)O. The fraction of sp³-hybridized carbons (Fsp3) is 0.850. The van der Waals surface area contributed by atoms with E-state index in [0.29, 0.717) is 24.7 Å². The Morgan fingerprint density at radius 1 is 1.13 bits per heavy atom. The van der Waals surface area contributed by atoms with E-state index in [1.807, 2.05) is 13.0 Å². The number of aliphatic hydroxyl groups is 2. The van der Waals surface area contributed by atoms with Gasteiger partial charge >= 0.3 is 0 Å². The highest BCUT2D eigenvalue weighted by Crippen LogP contribution is 2.67. The van der Waals surface area contributed by atoms with E-state index in [0.717, 1.165) is 32.1 Å². The van der Waals surface area contributed by atoms with Gasteiger partial charge in [0.1, 0.15) is 0 Å². The number of fused-ring (bicyclic) bond motifs is 5. The van der Waals surface area contributed by atoms with Gasteiger partial charge < -0.3 is 10.2 Å². The van der Waals surface area contributed by atoms with Crippen LogP contribution in [-0.4, -0.2) is 27.7 Å².